The average Bonchev–Trinajstić information content (AvgIpc) is 2.56. The molecule has 154 valence electrons. The third-order valence-electron chi connectivity index (χ3n) is 4.69. The Hall–Kier alpha value is -2.84. The Morgan fingerprint density at radius 3 is 2.54 bits per heavy atom. The van der Waals surface area contributed by atoms with Crippen LogP contribution < -0.4 is 21.8 Å². The minimum atomic E-state index is -0.524. The topological polar surface area (TPSA) is 136 Å². The zero-order valence-electron chi connectivity index (χ0n) is 17.6. The molecule has 1 aliphatic heterocycles. The molecule has 1 aromatic rings. The van der Waals surface area contributed by atoms with E-state index in [0.29, 0.717) is 42.4 Å². The normalized spacial score (nSPS) is 15.6. The molecule has 28 heavy (non-hydrogen) atoms. The van der Waals surface area contributed by atoms with Gasteiger partial charge in [0.1, 0.15) is 17.1 Å². The maximum absolute atomic E-state index is 12.2. The van der Waals surface area contributed by atoms with E-state index in [1.807, 2.05) is 39.5 Å². The fourth-order valence-electron chi connectivity index (χ4n) is 2.75. The molecule has 1 fully saturated rings. The van der Waals surface area contributed by atoms with Crippen LogP contribution in [0.2, 0.25) is 0 Å². The lowest BCUT2D eigenvalue weighted by Crippen LogP contribution is -2.60. The number of allylic oxidation sites excluding steroid dienone is 2. The van der Waals surface area contributed by atoms with Crippen molar-refractivity contribution in [1.82, 2.24) is 14.9 Å². The van der Waals surface area contributed by atoms with Crippen LogP contribution in [0.5, 0.6) is 0 Å². The number of carbonyl (C=O) groups is 1. The number of hydrogen-bond donors (Lipinski definition) is 3. The third-order valence-corrected chi connectivity index (χ3v) is 4.69. The number of rotatable bonds is 5. The van der Waals surface area contributed by atoms with Crippen molar-refractivity contribution in [3.8, 4) is 0 Å². The lowest BCUT2D eigenvalue weighted by atomic mass is 10.0. The number of nitrogen functional groups attached to an aromatic ring is 1. The van der Waals surface area contributed by atoms with Crippen molar-refractivity contribution in [3.63, 3.8) is 0 Å². The molecule has 0 unspecified atom stereocenters. The van der Waals surface area contributed by atoms with Crippen molar-refractivity contribution in [1.29, 1.82) is 0 Å². The second-order valence-electron chi connectivity index (χ2n) is 8.04. The van der Waals surface area contributed by atoms with Crippen LogP contribution in [0.1, 0.15) is 46.7 Å². The summed E-state index contributed by atoms with van der Waals surface area (Å²) < 4.78 is 5.41. The van der Waals surface area contributed by atoms with Crippen LogP contribution in [0.4, 0.5) is 16.6 Å². The van der Waals surface area contributed by atoms with E-state index in [2.05, 4.69) is 9.97 Å². The van der Waals surface area contributed by atoms with E-state index in [-0.39, 0.29) is 18.1 Å². The number of ether oxygens (including phenoxy) is 1. The first kappa shape index (κ1) is 21.5. The van der Waals surface area contributed by atoms with Crippen molar-refractivity contribution in [3.05, 3.63) is 23.0 Å². The maximum atomic E-state index is 12.2. The first-order valence-electron chi connectivity index (χ1n) is 9.36. The van der Waals surface area contributed by atoms with Crippen molar-refractivity contribution in [2.75, 3.05) is 30.8 Å². The Labute approximate surface area is 166 Å². The zero-order chi connectivity index (χ0) is 21.2. The first-order chi connectivity index (χ1) is 12.9. The summed E-state index contributed by atoms with van der Waals surface area (Å²) in [5.41, 5.74) is 13.9. The third kappa shape index (κ3) is 4.90. The van der Waals surface area contributed by atoms with Gasteiger partial charge in [0.2, 0.25) is 11.7 Å². The Morgan fingerprint density at radius 1 is 1.39 bits per heavy atom. The minimum Gasteiger partial charge on any atom is -0.444 e. The lowest BCUT2D eigenvalue weighted by Gasteiger charge is -2.44. The first-order valence-corrected chi connectivity index (χ1v) is 9.36. The van der Waals surface area contributed by atoms with Gasteiger partial charge in [-0.2, -0.15) is 4.98 Å². The van der Waals surface area contributed by atoms with Gasteiger partial charge in [-0.15, -0.1) is 0 Å². The molecule has 0 spiro atoms. The van der Waals surface area contributed by atoms with Gasteiger partial charge < -0.3 is 26.0 Å². The largest absolute Gasteiger partial charge is 0.444 e. The van der Waals surface area contributed by atoms with E-state index in [1.54, 1.807) is 18.0 Å². The molecule has 9 heteroatoms. The predicted octanol–water partition coefficient (Wildman–Crippen LogP) is 0.305. The van der Waals surface area contributed by atoms with E-state index in [0.717, 1.165) is 5.57 Å². The lowest BCUT2D eigenvalue weighted by molar-refractivity contribution is -0.112. The molecule has 1 amide bonds. The van der Waals surface area contributed by atoms with E-state index < -0.39 is 5.60 Å². The van der Waals surface area contributed by atoms with E-state index in [1.165, 1.54) is 0 Å². The highest BCUT2D eigenvalue weighted by molar-refractivity contribution is 6.07. The van der Waals surface area contributed by atoms with E-state index >= 15 is 0 Å². The SMILES string of the molecule is CCC(N)=C(C)C(=[NH2+])c1cc(N2CC(N(C)C(=O)OC(C)(C)C)C2)nc(N)n1. The molecule has 2 rings (SSSR count). The molecular weight excluding hydrogens is 358 g/mol. The standard InChI is InChI=1S/C19H31N7O2/c1-7-13(20)11(2)16(21)14-8-15(24-17(22)23-14)26-9-12(10-26)25(6)18(27)28-19(3,4)5/h8,12,21H,7,9-10,20H2,1-6H3,(H2,22,23,24)/p+1. The van der Waals surface area contributed by atoms with Crippen LogP contribution in [0, 0.1) is 0 Å². The summed E-state index contributed by atoms with van der Waals surface area (Å²) in [5, 5.41) is 6.23. The number of nitrogens with zero attached hydrogens (tertiary/aromatic N) is 4. The van der Waals surface area contributed by atoms with Crippen molar-refractivity contribution < 1.29 is 14.9 Å². The minimum absolute atomic E-state index is 0.0354. The van der Waals surface area contributed by atoms with Gasteiger partial charge in [0.05, 0.1) is 6.04 Å². The fourth-order valence-corrected chi connectivity index (χ4v) is 2.75. The summed E-state index contributed by atoms with van der Waals surface area (Å²) in [7, 11) is 1.74. The van der Waals surface area contributed by atoms with Gasteiger partial charge in [0, 0.05) is 37.5 Å². The van der Waals surface area contributed by atoms with Gasteiger partial charge >= 0.3 is 6.09 Å². The number of likely N-dealkylation sites (N-methyl/N-ethyl adjacent to an activating group) is 1. The summed E-state index contributed by atoms with van der Waals surface area (Å²) in [6.45, 7) is 10.6. The molecule has 0 bridgehead atoms. The highest BCUT2D eigenvalue weighted by atomic mass is 16.6. The van der Waals surface area contributed by atoms with Crippen molar-refractivity contribution in [2.45, 2.75) is 52.7 Å². The molecule has 1 aliphatic rings. The summed E-state index contributed by atoms with van der Waals surface area (Å²) in [4.78, 5) is 24.4. The molecule has 0 aliphatic carbocycles. The molecule has 0 atom stereocenters. The predicted molar refractivity (Wildman–Crippen MR) is 110 cm³/mol. The van der Waals surface area contributed by atoms with E-state index in [9.17, 15) is 4.79 Å². The second kappa shape index (κ2) is 8.04. The Morgan fingerprint density at radius 2 is 2.00 bits per heavy atom. The number of carbonyl (C=O) groups excluding carboxylic acids is 1. The number of aromatic nitrogens is 2. The number of amides is 1. The highest BCUT2D eigenvalue weighted by Crippen LogP contribution is 2.24. The van der Waals surface area contributed by atoms with E-state index in [4.69, 9.17) is 21.6 Å². The van der Waals surface area contributed by atoms with Crippen LogP contribution in [0.3, 0.4) is 0 Å². The van der Waals surface area contributed by atoms with Crippen LogP contribution in [-0.2, 0) is 4.74 Å². The zero-order valence-corrected chi connectivity index (χ0v) is 17.6. The van der Waals surface area contributed by atoms with Crippen LogP contribution in [0.25, 0.3) is 0 Å². The van der Waals surface area contributed by atoms with Crippen LogP contribution >= 0.6 is 0 Å². The van der Waals surface area contributed by atoms with Crippen LogP contribution in [0.15, 0.2) is 17.3 Å². The molecule has 0 aromatic carbocycles. The highest BCUT2D eigenvalue weighted by Gasteiger charge is 2.35. The molecule has 2 heterocycles. The Balaban J connectivity index is 2.10. The smallest absolute Gasteiger partial charge is 0.410 e. The summed E-state index contributed by atoms with van der Waals surface area (Å²) in [6, 6.07) is 1.83. The van der Waals surface area contributed by atoms with Crippen LogP contribution in [-0.4, -0.2) is 58.5 Å². The molecular formula is C19H32N7O2+. The summed E-state index contributed by atoms with van der Waals surface area (Å²) in [6.07, 6.45) is 0.360. The molecule has 0 radical (unpaired) electrons. The fraction of sp³-hybridized carbons (Fsp3) is 0.579. The summed E-state index contributed by atoms with van der Waals surface area (Å²) >= 11 is 0. The maximum Gasteiger partial charge on any atom is 0.410 e. The van der Waals surface area contributed by atoms with Crippen molar-refractivity contribution in [2.24, 2.45) is 5.73 Å². The van der Waals surface area contributed by atoms with Gasteiger partial charge in [-0.25, -0.2) is 9.78 Å². The second-order valence-corrected chi connectivity index (χ2v) is 8.04. The van der Waals surface area contributed by atoms with Gasteiger partial charge in [-0.1, -0.05) is 6.92 Å². The summed E-state index contributed by atoms with van der Waals surface area (Å²) in [5.74, 6) is 0.810. The van der Waals surface area contributed by atoms with Gasteiger partial charge in [0.15, 0.2) is 0 Å². The van der Waals surface area contributed by atoms with Gasteiger partial charge in [-0.3, -0.25) is 5.41 Å². The molecule has 6 N–H and O–H groups in total. The molecule has 1 aromatic heterocycles. The van der Waals surface area contributed by atoms with Crippen molar-refractivity contribution >= 4 is 23.6 Å². The number of anilines is 2. The molecule has 9 nitrogen and oxygen atoms in total. The number of nitrogens with two attached hydrogens (primary N) is 3. The monoisotopic (exact) mass is 390 g/mol. The Bertz CT molecular complexity index is 792. The molecule has 1 saturated heterocycles. The molecule has 0 saturated carbocycles. The van der Waals surface area contributed by atoms with Gasteiger partial charge in [-0.05, 0) is 34.1 Å². The Kier molecular flexibility index (Phi) is 6.16. The number of hydrogen-bond acceptors (Lipinski definition) is 7. The van der Waals surface area contributed by atoms with Gasteiger partial charge in [0.25, 0.3) is 0 Å². The average molecular weight is 391 g/mol. The quantitative estimate of drug-likeness (QED) is 0.615.